The van der Waals surface area contributed by atoms with E-state index in [1.165, 1.54) is 12.1 Å². The number of ether oxygens (including phenoxy) is 2. The zero-order valence-electron chi connectivity index (χ0n) is 11.5. The molecule has 1 saturated heterocycles. The first-order valence-corrected chi connectivity index (χ1v) is 8.05. The van der Waals surface area contributed by atoms with Gasteiger partial charge in [-0.2, -0.15) is 8.78 Å². The van der Waals surface area contributed by atoms with Gasteiger partial charge >= 0.3 is 5.76 Å². The third-order valence-electron chi connectivity index (χ3n) is 3.05. The minimum atomic E-state index is -4.56. The van der Waals surface area contributed by atoms with Crippen LogP contribution in [0, 0.1) is 0 Å². The molecule has 1 aliphatic heterocycles. The van der Waals surface area contributed by atoms with Crippen LogP contribution in [0.5, 0.6) is 5.75 Å². The molecule has 2 atom stereocenters. The van der Waals surface area contributed by atoms with Gasteiger partial charge in [0.25, 0.3) is 0 Å². The van der Waals surface area contributed by atoms with Crippen LogP contribution in [0.15, 0.2) is 29.2 Å². The maximum atomic E-state index is 12.4. The maximum absolute atomic E-state index is 12.4. The topological polar surface area (TPSA) is 64.6 Å². The van der Waals surface area contributed by atoms with E-state index in [0.717, 1.165) is 18.7 Å². The second-order valence-electron chi connectivity index (χ2n) is 4.82. The summed E-state index contributed by atoms with van der Waals surface area (Å²) < 4.78 is 58.4. The van der Waals surface area contributed by atoms with E-state index in [1.807, 2.05) is 6.92 Å². The van der Waals surface area contributed by atoms with E-state index >= 15 is 0 Å². The molecule has 1 aromatic rings. The Hall–Kier alpha value is -1.25. The van der Waals surface area contributed by atoms with Crippen molar-refractivity contribution in [3.63, 3.8) is 0 Å². The average molecular weight is 321 g/mol. The Morgan fingerprint density at radius 2 is 2.00 bits per heavy atom. The molecule has 118 valence electrons. The monoisotopic (exact) mass is 321 g/mol. The highest BCUT2D eigenvalue weighted by Gasteiger charge is 2.26. The van der Waals surface area contributed by atoms with E-state index in [9.17, 15) is 17.2 Å². The van der Waals surface area contributed by atoms with Gasteiger partial charge in [-0.3, -0.25) is 0 Å². The maximum Gasteiger partial charge on any atom is 0.341 e. The number of nitrogens with one attached hydrogen (secondary N) is 1. The SMILES string of the molecule is CC1CNCC(COc2ccc(S(=O)(=O)C(F)F)cc2)O1. The molecule has 1 aliphatic rings. The number of alkyl halides is 2. The van der Waals surface area contributed by atoms with Crippen molar-refractivity contribution in [1.82, 2.24) is 5.32 Å². The van der Waals surface area contributed by atoms with Crippen molar-refractivity contribution in [3.8, 4) is 5.75 Å². The molecule has 2 unspecified atom stereocenters. The molecule has 5 nitrogen and oxygen atoms in total. The summed E-state index contributed by atoms with van der Waals surface area (Å²) in [5.41, 5.74) is 0. The van der Waals surface area contributed by atoms with Crippen LogP contribution in [0.25, 0.3) is 0 Å². The fourth-order valence-corrected chi connectivity index (χ4v) is 2.71. The molecule has 21 heavy (non-hydrogen) atoms. The Balaban J connectivity index is 1.94. The van der Waals surface area contributed by atoms with Crippen LogP contribution in [0.2, 0.25) is 0 Å². The van der Waals surface area contributed by atoms with Crippen molar-refractivity contribution in [2.24, 2.45) is 0 Å². The van der Waals surface area contributed by atoms with Crippen molar-refractivity contribution in [3.05, 3.63) is 24.3 Å². The summed E-state index contributed by atoms with van der Waals surface area (Å²) in [5.74, 6) is -3.02. The van der Waals surface area contributed by atoms with Crippen LogP contribution in [-0.2, 0) is 14.6 Å². The molecule has 1 fully saturated rings. The van der Waals surface area contributed by atoms with Gasteiger partial charge in [-0.25, -0.2) is 8.42 Å². The molecule has 0 amide bonds. The van der Waals surface area contributed by atoms with Crippen molar-refractivity contribution >= 4 is 9.84 Å². The zero-order chi connectivity index (χ0) is 15.5. The Bertz CT molecular complexity index is 562. The smallest absolute Gasteiger partial charge is 0.341 e. The third kappa shape index (κ3) is 4.12. The lowest BCUT2D eigenvalue weighted by Crippen LogP contribution is -2.45. The van der Waals surface area contributed by atoms with Gasteiger partial charge in [-0.1, -0.05) is 0 Å². The van der Waals surface area contributed by atoms with Gasteiger partial charge in [0.15, 0.2) is 0 Å². The van der Waals surface area contributed by atoms with Crippen LogP contribution in [0.3, 0.4) is 0 Å². The quantitative estimate of drug-likeness (QED) is 0.889. The molecule has 0 aliphatic carbocycles. The first-order valence-electron chi connectivity index (χ1n) is 6.50. The van der Waals surface area contributed by atoms with Crippen molar-refractivity contribution in [2.75, 3.05) is 19.7 Å². The Kier molecular flexibility index (Phi) is 5.13. The number of hydrogen-bond donors (Lipinski definition) is 1. The lowest BCUT2D eigenvalue weighted by molar-refractivity contribution is -0.0470. The lowest BCUT2D eigenvalue weighted by Gasteiger charge is -2.28. The van der Waals surface area contributed by atoms with Gasteiger partial charge < -0.3 is 14.8 Å². The second kappa shape index (κ2) is 6.67. The molecule has 8 heteroatoms. The Morgan fingerprint density at radius 1 is 1.33 bits per heavy atom. The predicted molar refractivity (Wildman–Crippen MR) is 72.3 cm³/mol. The summed E-state index contributed by atoms with van der Waals surface area (Å²) in [4.78, 5) is -0.422. The molecule has 0 spiro atoms. The summed E-state index contributed by atoms with van der Waals surface area (Å²) in [6, 6.07) is 4.93. The zero-order valence-corrected chi connectivity index (χ0v) is 12.3. The van der Waals surface area contributed by atoms with Crippen molar-refractivity contribution in [2.45, 2.75) is 29.8 Å². The number of benzene rings is 1. The predicted octanol–water partition coefficient (Wildman–Crippen LogP) is 1.44. The number of halogens is 2. The first-order chi connectivity index (χ1) is 9.89. The van der Waals surface area contributed by atoms with Gasteiger partial charge in [0.2, 0.25) is 9.84 Å². The molecular formula is C13H17F2NO4S. The third-order valence-corrected chi connectivity index (χ3v) is 4.45. The van der Waals surface area contributed by atoms with E-state index < -0.39 is 20.5 Å². The molecule has 0 aromatic heterocycles. The average Bonchev–Trinajstić information content (AvgIpc) is 2.45. The lowest BCUT2D eigenvalue weighted by atomic mass is 10.2. The van der Waals surface area contributed by atoms with Gasteiger partial charge in [0.1, 0.15) is 18.5 Å². The first kappa shape index (κ1) is 16.1. The van der Waals surface area contributed by atoms with Crippen molar-refractivity contribution < 1.29 is 26.7 Å². The van der Waals surface area contributed by atoms with Crippen LogP contribution in [0.1, 0.15) is 6.92 Å². The van der Waals surface area contributed by atoms with E-state index in [0.29, 0.717) is 18.9 Å². The van der Waals surface area contributed by atoms with Crippen LogP contribution < -0.4 is 10.1 Å². The largest absolute Gasteiger partial charge is 0.491 e. The van der Waals surface area contributed by atoms with E-state index in [1.54, 1.807) is 0 Å². The Labute approximate surface area is 122 Å². The Morgan fingerprint density at radius 3 is 2.57 bits per heavy atom. The van der Waals surface area contributed by atoms with Gasteiger partial charge in [0.05, 0.1) is 11.0 Å². The van der Waals surface area contributed by atoms with Gasteiger partial charge in [-0.15, -0.1) is 0 Å². The van der Waals surface area contributed by atoms with Crippen LogP contribution in [-0.4, -0.2) is 46.1 Å². The highest BCUT2D eigenvalue weighted by molar-refractivity contribution is 7.91. The van der Waals surface area contributed by atoms with Crippen LogP contribution >= 0.6 is 0 Å². The minimum absolute atomic E-state index is 0.0989. The molecule has 0 radical (unpaired) electrons. The van der Waals surface area contributed by atoms with E-state index in [2.05, 4.69) is 5.32 Å². The summed E-state index contributed by atoms with van der Waals surface area (Å²) in [7, 11) is -4.56. The van der Waals surface area contributed by atoms with Crippen LogP contribution in [0.4, 0.5) is 8.78 Å². The molecule has 1 aromatic carbocycles. The normalized spacial score (nSPS) is 23.2. The fourth-order valence-electron chi connectivity index (χ4n) is 1.99. The second-order valence-corrected chi connectivity index (χ2v) is 6.73. The van der Waals surface area contributed by atoms with E-state index in [-0.39, 0.29) is 12.2 Å². The molecule has 1 N–H and O–H groups in total. The number of rotatable bonds is 5. The van der Waals surface area contributed by atoms with E-state index in [4.69, 9.17) is 9.47 Å². The standard InChI is InChI=1S/C13H17F2NO4S/c1-9-6-16-7-11(20-9)8-19-10-2-4-12(5-3-10)21(17,18)13(14)15/h2-5,9,11,13,16H,6-8H2,1H3. The van der Waals surface area contributed by atoms with Gasteiger partial charge in [0, 0.05) is 13.1 Å². The minimum Gasteiger partial charge on any atom is -0.491 e. The molecular weight excluding hydrogens is 304 g/mol. The summed E-state index contributed by atoms with van der Waals surface area (Å²) in [6.45, 7) is 3.71. The molecule has 0 bridgehead atoms. The number of hydrogen-bond acceptors (Lipinski definition) is 5. The summed E-state index contributed by atoms with van der Waals surface area (Å²) >= 11 is 0. The summed E-state index contributed by atoms with van der Waals surface area (Å²) in [6.07, 6.45) is 0.00383. The number of morpholine rings is 1. The summed E-state index contributed by atoms with van der Waals surface area (Å²) in [5, 5.41) is 3.19. The highest BCUT2D eigenvalue weighted by Crippen LogP contribution is 2.21. The number of sulfone groups is 1. The molecule has 0 saturated carbocycles. The fraction of sp³-hybridized carbons (Fsp3) is 0.538. The van der Waals surface area contributed by atoms with Gasteiger partial charge in [-0.05, 0) is 31.2 Å². The molecule has 1 heterocycles. The van der Waals surface area contributed by atoms with Crippen molar-refractivity contribution in [1.29, 1.82) is 0 Å². The molecule has 2 rings (SSSR count). The highest BCUT2D eigenvalue weighted by atomic mass is 32.2.